The average Bonchev–Trinajstić information content (AvgIpc) is 2.57. The molecule has 1 unspecified atom stereocenters. The molecule has 0 aromatic carbocycles. The molecule has 2 heterocycles. The monoisotopic (exact) mass is 343 g/mol. The summed E-state index contributed by atoms with van der Waals surface area (Å²) in [6.45, 7) is 3.46. The van der Waals surface area contributed by atoms with Crippen LogP contribution in [0, 0.1) is 0 Å². The van der Waals surface area contributed by atoms with E-state index in [1.54, 1.807) is 7.11 Å². The summed E-state index contributed by atoms with van der Waals surface area (Å²) in [5, 5.41) is 0. The molecule has 2 rings (SSSR count). The van der Waals surface area contributed by atoms with Gasteiger partial charge in [0.05, 0.1) is 22.8 Å². The SMILES string of the molecule is COCc1nc(C2CN(C)CCCN2C)nc(N)c1Br. The molecule has 7 heteroatoms. The van der Waals surface area contributed by atoms with Crippen LogP contribution in [0.4, 0.5) is 5.82 Å². The van der Waals surface area contributed by atoms with Crippen LogP contribution in [0.5, 0.6) is 0 Å². The first-order chi connectivity index (χ1) is 9.52. The van der Waals surface area contributed by atoms with Crippen molar-refractivity contribution in [2.24, 2.45) is 0 Å². The van der Waals surface area contributed by atoms with Gasteiger partial charge in [0.1, 0.15) is 11.6 Å². The van der Waals surface area contributed by atoms with Crippen molar-refractivity contribution in [2.75, 3.05) is 46.6 Å². The summed E-state index contributed by atoms with van der Waals surface area (Å²) in [4.78, 5) is 13.7. The summed E-state index contributed by atoms with van der Waals surface area (Å²) in [5.74, 6) is 1.25. The highest BCUT2D eigenvalue weighted by atomic mass is 79.9. The lowest BCUT2D eigenvalue weighted by Gasteiger charge is -2.26. The summed E-state index contributed by atoms with van der Waals surface area (Å²) in [7, 11) is 5.89. The summed E-state index contributed by atoms with van der Waals surface area (Å²) in [6.07, 6.45) is 1.15. The highest BCUT2D eigenvalue weighted by molar-refractivity contribution is 9.10. The van der Waals surface area contributed by atoms with Gasteiger partial charge in [0, 0.05) is 13.7 Å². The third kappa shape index (κ3) is 3.46. The predicted molar refractivity (Wildman–Crippen MR) is 82.3 cm³/mol. The molecule has 6 nitrogen and oxygen atoms in total. The molecule has 0 aliphatic carbocycles. The minimum Gasteiger partial charge on any atom is -0.383 e. The first kappa shape index (κ1) is 15.6. The number of ether oxygens (including phenoxy) is 1. The van der Waals surface area contributed by atoms with E-state index in [-0.39, 0.29) is 6.04 Å². The smallest absolute Gasteiger partial charge is 0.149 e. The zero-order valence-corrected chi connectivity index (χ0v) is 13.9. The molecule has 1 atom stereocenters. The van der Waals surface area contributed by atoms with Gasteiger partial charge in [-0.3, -0.25) is 4.90 Å². The number of hydrogen-bond acceptors (Lipinski definition) is 6. The fourth-order valence-corrected chi connectivity index (χ4v) is 2.76. The molecule has 1 fully saturated rings. The minimum absolute atomic E-state index is 0.161. The maximum absolute atomic E-state index is 5.99. The van der Waals surface area contributed by atoms with E-state index in [1.165, 1.54) is 0 Å². The standard InChI is InChI=1S/C13H22BrN5O/c1-18-5-4-6-19(2)10(7-18)13-16-9(8-20-3)11(14)12(15)17-13/h10H,4-8H2,1-3H3,(H2,15,16,17). The van der Waals surface area contributed by atoms with E-state index in [9.17, 15) is 0 Å². The zero-order chi connectivity index (χ0) is 14.7. The zero-order valence-electron chi connectivity index (χ0n) is 12.3. The second kappa shape index (κ2) is 6.80. The van der Waals surface area contributed by atoms with Crippen molar-refractivity contribution < 1.29 is 4.74 Å². The van der Waals surface area contributed by atoms with E-state index in [0.717, 1.165) is 42.0 Å². The van der Waals surface area contributed by atoms with Crippen LogP contribution in [0.2, 0.25) is 0 Å². The van der Waals surface area contributed by atoms with Crippen LogP contribution in [0.3, 0.4) is 0 Å². The molecular weight excluding hydrogens is 322 g/mol. The number of likely N-dealkylation sites (N-methyl/N-ethyl adjacent to an activating group) is 2. The van der Waals surface area contributed by atoms with E-state index >= 15 is 0 Å². The van der Waals surface area contributed by atoms with Gasteiger partial charge in [0.15, 0.2) is 0 Å². The molecule has 1 aliphatic rings. The molecule has 0 spiro atoms. The third-order valence-electron chi connectivity index (χ3n) is 3.61. The van der Waals surface area contributed by atoms with Crippen molar-refractivity contribution in [3.05, 3.63) is 16.0 Å². The minimum atomic E-state index is 0.161. The summed E-state index contributed by atoms with van der Waals surface area (Å²) >= 11 is 3.43. The lowest BCUT2D eigenvalue weighted by molar-refractivity contribution is 0.178. The fourth-order valence-electron chi connectivity index (χ4n) is 2.46. The van der Waals surface area contributed by atoms with Crippen molar-refractivity contribution in [3.8, 4) is 0 Å². The van der Waals surface area contributed by atoms with E-state index < -0.39 is 0 Å². The predicted octanol–water partition coefficient (Wildman–Crippen LogP) is 1.28. The van der Waals surface area contributed by atoms with Crippen molar-refractivity contribution in [1.82, 2.24) is 19.8 Å². The largest absolute Gasteiger partial charge is 0.383 e. The van der Waals surface area contributed by atoms with Crippen molar-refractivity contribution in [2.45, 2.75) is 19.1 Å². The number of methoxy groups -OCH3 is 1. The fraction of sp³-hybridized carbons (Fsp3) is 0.692. The van der Waals surface area contributed by atoms with Gasteiger partial charge in [0.25, 0.3) is 0 Å². The highest BCUT2D eigenvalue weighted by Gasteiger charge is 2.26. The van der Waals surface area contributed by atoms with Crippen molar-refractivity contribution in [1.29, 1.82) is 0 Å². The Morgan fingerprint density at radius 1 is 1.35 bits per heavy atom. The van der Waals surface area contributed by atoms with Gasteiger partial charge >= 0.3 is 0 Å². The van der Waals surface area contributed by atoms with E-state index in [1.807, 2.05) is 0 Å². The Balaban J connectivity index is 2.34. The van der Waals surface area contributed by atoms with Crippen LogP contribution in [0.15, 0.2) is 4.47 Å². The Bertz CT molecular complexity index is 470. The molecule has 1 aromatic rings. The molecule has 1 saturated heterocycles. The Labute approximate surface area is 128 Å². The van der Waals surface area contributed by atoms with Crippen LogP contribution >= 0.6 is 15.9 Å². The molecular formula is C13H22BrN5O. The molecule has 1 aromatic heterocycles. The van der Waals surface area contributed by atoms with Crippen molar-refractivity contribution >= 4 is 21.7 Å². The Morgan fingerprint density at radius 3 is 2.80 bits per heavy atom. The van der Waals surface area contributed by atoms with Gasteiger partial charge in [-0.05, 0) is 49.5 Å². The first-order valence-corrected chi connectivity index (χ1v) is 7.51. The maximum Gasteiger partial charge on any atom is 0.149 e. The van der Waals surface area contributed by atoms with Crippen LogP contribution in [0.1, 0.15) is 24.0 Å². The first-order valence-electron chi connectivity index (χ1n) is 6.72. The van der Waals surface area contributed by atoms with E-state index in [0.29, 0.717) is 12.4 Å². The number of nitrogen functional groups attached to an aromatic ring is 1. The summed E-state index contributed by atoms with van der Waals surface area (Å²) in [5.41, 5.74) is 6.79. The number of rotatable bonds is 3. The molecule has 20 heavy (non-hydrogen) atoms. The number of nitrogens with two attached hydrogens (primary N) is 1. The molecule has 0 saturated carbocycles. The Hall–Kier alpha value is -0.760. The highest BCUT2D eigenvalue weighted by Crippen LogP contribution is 2.26. The molecule has 0 bridgehead atoms. The van der Waals surface area contributed by atoms with Crippen LogP contribution in [-0.4, -0.2) is 60.6 Å². The Morgan fingerprint density at radius 2 is 2.10 bits per heavy atom. The van der Waals surface area contributed by atoms with Gasteiger partial charge in [0.2, 0.25) is 0 Å². The van der Waals surface area contributed by atoms with Gasteiger partial charge in [-0.15, -0.1) is 0 Å². The Kier molecular flexibility index (Phi) is 5.31. The quantitative estimate of drug-likeness (QED) is 0.891. The van der Waals surface area contributed by atoms with Gasteiger partial charge in [-0.1, -0.05) is 0 Å². The summed E-state index contributed by atoms with van der Waals surface area (Å²) in [6, 6.07) is 0.161. The number of hydrogen-bond donors (Lipinski definition) is 1. The second-order valence-corrected chi connectivity index (χ2v) is 6.07. The van der Waals surface area contributed by atoms with Gasteiger partial charge in [-0.25, -0.2) is 9.97 Å². The average molecular weight is 344 g/mol. The lowest BCUT2D eigenvalue weighted by Crippen LogP contribution is -2.32. The number of anilines is 1. The molecule has 112 valence electrons. The number of aromatic nitrogens is 2. The maximum atomic E-state index is 5.99. The summed E-state index contributed by atoms with van der Waals surface area (Å²) < 4.78 is 5.91. The molecule has 0 amide bonds. The molecule has 1 aliphatic heterocycles. The van der Waals surface area contributed by atoms with Crippen LogP contribution < -0.4 is 5.73 Å². The third-order valence-corrected chi connectivity index (χ3v) is 4.47. The molecule has 2 N–H and O–H groups in total. The van der Waals surface area contributed by atoms with Crippen LogP contribution in [0.25, 0.3) is 0 Å². The lowest BCUT2D eigenvalue weighted by atomic mass is 10.2. The van der Waals surface area contributed by atoms with Crippen LogP contribution in [-0.2, 0) is 11.3 Å². The van der Waals surface area contributed by atoms with Crippen molar-refractivity contribution in [3.63, 3.8) is 0 Å². The van der Waals surface area contributed by atoms with E-state index in [2.05, 4.69) is 49.8 Å². The topological polar surface area (TPSA) is 67.5 Å². The van der Waals surface area contributed by atoms with Gasteiger partial charge < -0.3 is 15.4 Å². The normalized spacial score (nSPS) is 21.9. The van der Waals surface area contributed by atoms with E-state index in [4.69, 9.17) is 10.5 Å². The van der Waals surface area contributed by atoms with Gasteiger partial charge in [-0.2, -0.15) is 0 Å². The number of nitrogens with zero attached hydrogens (tertiary/aromatic N) is 4. The second-order valence-electron chi connectivity index (χ2n) is 5.27. The molecule has 0 radical (unpaired) electrons. The number of halogens is 1.